The van der Waals surface area contributed by atoms with Crippen LogP contribution in [0, 0.1) is 0 Å². The molecule has 0 spiro atoms. The van der Waals surface area contributed by atoms with Crippen molar-refractivity contribution < 1.29 is 8.78 Å². The first-order valence-electron chi connectivity index (χ1n) is 4.81. The molecule has 0 heterocycles. The highest BCUT2D eigenvalue weighted by molar-refractivity contribution is 9.10. The van der Waals surface area contributed by atoms with Crippen LogP contribution < -0.4 is 5.32 Å². The Balaban J connectivity index is 2.69. The van der Waals surface area contributed by atoms with Gasteiger partial charge in [0.25, 0.3) is 6.43 Å². The highest BCUT2D eigenvalue weighted by atomic mass is 79.9. The van der Waals surface area contributed by atoms with Gasteiger partial charge in [0, 0.05) is 10.5 Å². The lowest BCUT2D eigenvalue weighted by atomic mass is 10.1. The molecule has 0 saturated heterocycles. The van der Waals surface area contributed by atoms with Crippen LogP contribution in [0.25, 0.3) is 0 Å². The van der Waals surface area contributed by atoms with Crippen molar-refractivity contribution in [1.29, 1.82) is 0 Å². The number of hydrogen-bond donors (Lipinski definition) is 1. The Morgan fingerprint density at radius 1 is 1.20 bits per heavy atom. The maximum absolute atomic E-state index is 12.3. The monoisotopic (exact) mass is 277 g/mol. The fourth-order valence-electron chi connectivity index (χ4n) is 1.38. The number of hydrogen-bond acceptors (Lipinski definition) is 1. The summed E-state index contributed by atoms with van der Waals surface area (Å²) in [6, 6.07) is 6.72. The van der Waals surface area contributed by atoms with Gasteiger partial charge in [0.05, 0.1) is 6.04 Å². The third kappa shape index (κ3) is 3.54. The molecule has 1 N–H and O–H groups in total. The smallest absolute Gasteiger partial charge is 0.253 e. The summed E-state index contributed by atoms with van der Waals surface area (Å²) in [5.41, 5.74) is 0.991. The van der Waals surface area contributed by atoms with E-state index in [2.05, 4.69) is 21.2 Å². The minimum atomic E-state index is -2.34. The Morgan fingerprint density at radius 2 is 1.80 bits per heavy atom. The van der Waals surface area contributed by atoms with Crippen LogP contribution in [0.4, 0.5) is 8.78 Å². The first-order valence-corrected chi connectivity index (χ1v) is 5.60. The zero-order valence-electron chi connectivity index (χ0n) is 8.68. The lowest BCUT2D eigenvalue weighted by Gasteiger charge is -2.20. The summed E-state index contributed by atoms with van der Waals surface area (Å²) in [7, 11) is 0. The fraction of sp³-hybridized carbons (Fsp3) is 0.455. The molecule has 0 amide bonds. The van der Waals surface area contributed by atoms with E-state index in [-0.39, 0.29) is 6.04 Å². The van der Waals surface area contributed by atoms with E-state index >= 15 is 0 Å². The van der Waals surface area contributed by atoms with Gasteiger partial charge < -0.3 is 5.32 Å². The van der Waals surface area contributed by atoms with Crippen LogP contribution in [-0.4, -0.2) is 12.5 Å². The SMILES string of the molecule is CC(N[C@@H](C)c1ccccc1Br)C(F)F. The zero-order valence-corrected chi connectivity index (χ0v) is 10.3. The van der Waals surface area contributed by atoms with Crippen LogP contribution in [-0.2, 0) is 0 Å². The molecule has 1 rings (SSSR count). The largest absolute Gasteiger partial charge is 0.302 e. The molecule has 1 aromatic rings. The van der Waals surface area contributed by atoms with Crippen LogP contribution in [0.1, 0.15) is 25.5 Å². The van der Waals surface area contributed by atoms with Crippen molar-refractivity contribution in [3.05, 3.63) is 34.3 Å². The van der Waals surface area contributed by atoms with Gasteiger partial charge in [0.1, 0.15) is 0 Å². The van der Waals surface area contributed by atoms with Gasteiger partial charge in [0.2, 0.25) is 0 Å². The molecule has 0 aliphatic carbocycles. The summed E-state index contributed by atoms with van der Waals surface area (Å²) in [5, 5.41) is 2.86. The van der Waals surface area contributed by atoms with Gasteiger partial charge in [-0.05, 0) is 25.5 Å². The average molecular weight is 278 g/mol. The average Bonchev–Trinajstić information content (AvgIpc) is 2.18. The van der Waals surface area contributed by atoms with E-state index in [1.54, 1.807) is 0 Å². The Bertz CT molecular complexity index is 317. The molecule has 0 aliphatic rings. The van der Waals surface area contributed by atoms with Crippen LogP contribution in [0.2, 0.25) is 0 Å². The predicted molar refractivity (Wildman–Crippen MR) is 61.2 cm³/mol. The number of benzene rings is 1. The minimum Gasteiger partial charge on any atom is -0.302 e. The topological polar surface area (TPSA) is 12.0 Å². The summed E-state index contributed by atoms with van der Waals surface area (Å²) < 4.78 is 25.6. The number of nitrogens with one attached hydrogen (secondary N) is 1. The second-order valence-electron chi connectivity index (χ2n) is 3.53. The summed E-state index contributed by atoms with van der Waals surface area (Å²) >= 11 is 3.40. The summed E-state index contributed by atoms with van der Waals surface area (Å²) in [6.07, 6.45) is -2.34. The minimum absolute atomic E-state index is 0.0930. The lowest BCUT2D eigenvalue weighted by molar-refractivity contribution is 0.101. The first kappa shape index (κ1) is 12.6. The highest BCUT2D eigenvalue weighted by Crippen LogP contribution is 2.23. The van der Waals surface area contributed by atoms with E-state index < -0.39 is 12.5 Å². The van der Waals surface area contributed by atoms with Gasteiger partial charge in [-0.1, -0.05) is 34.1 Å². The lowest BCUT2D eigenvalue weighted by Crippen LogP contribution is -2.34. The Labute approximate surface area is 97.0 Å². The Morgan fingerprint density at radius 3 is 2.33 bits per heavy atom. The Hall–Kier alpha value is -0.480. The van der Waals surface area contributed by atoms with Crippen molar-refractivity contribution in [2.24, 2.45) is 0 Å². The summed E-state index contributed by atoms with van der Waals surface area (Å²) in [6.45, 7) is 3.36. The summed E-state index contributed by atoms with van der Waals surface area (Å²) in [5.74, 6) is 0. The van der Waals surface area contributed by atoms with E-state index in [1.807, 2.05) is 31.2 Å². The molecular weight excluding hydrogens is 264 g/mol. The van der Waals surface area contributed by atoms with E-state index in [0.717, 1.165) is 10.0 Å². The van der Waals surface area contributed by atoms with Crippen molar-refractivity contribution >= 4 is 15.9 Å². The van der Waals surface area contributed by atoms with Crippen molar-refractivity contribution in [3.8, 4) is 0 Å². The van der Waals surface area contributed by atoms with Gasteiger partial charge in [-0.3, -0.25) is 0 Å². The second kappa shape index (κ2) is 5.56. The molecule has 0 radical (unpaired) electrons. The molecule has 1 unspecified atom stereocenters. The number of rotatable bonds is 4. The van der Waals surface area contributed by atoms with Crippen molar-refractivity contribution in [3.63, 3.8) is 0 Å². The molecule has 15 heavy (non-hydrogen) atoms. The Kier molecular flexibility index (Phi) is 4.67. The molecule has 0 fully saturated rings. The van der Waals surface area contributed by atoms with Gasteiger partial charge in [-0.25, -0.2) is 8.78 Å². The van der Waals surface area contributed by atoms with Crippen LogP contribution in [0.5, 0.6) is 0 Å². The fourth-order valence-corrected chi connectivity index (χ4v) is 2.01. The number of halogens is 3. The maximum atomic E-state index is 12.3. The van der Waals surface area contributed by atoms with Crippen LogP contribution >= 0.6 is 15.9 Å². The highest BCUT2D eigenvalue weighted by Gasteiger charge is 2.18. The predicted octanol–water partition coefficient (Wildman–Crippen LogP) is 3.75. The molecule has 0 saturated carbocycles. The van der Waals surface area contributed by atoms with Gasteiger partial charge in [0.15, 0.2) is 0 Å². The summed E-state index contributed by atoms with van der Waals surface area (Å²) in [4.78, 5) is 0. The van der Waals surface area contributed by atoms with Gasteiger partial charge >= 0.3 is 0 Å². The molecule has 1 aromatic carbocycles. The zero-order chi connectivity index (χ0) is 11.4. The molecule has 0 aliphatic heterocycles. The number of alkyl halides is 2. The van der Waals surface area contributed by atoms with E-state index in [9.17, 15) is 8.78 Å². The van der Waals surface area contributed by atoms with E-state index in [0.29, 0.717) is 0 Å². The van der Waals surface area contributed by atoms with E-state index in [4.69, 9.17) is 0 Å². The second-order valence-corrected chi connectivity index (χ2v) is 4.39. The maximum Gasteiger partial charge on any atom is 0.253 e. The molecule has 84 valence electrons. The normalized spacial score (nSPS) is 15.3. The van der Waals surface area contributed by atoms with Crippen molar-refractivity contribution in [1.82, 2.24) is 5.32 Å². The first-order chi connectivity index (χ1) is 7.02. The van der Waals surface area contributed by atoms with Crippen LogP contribution in [0.15, 0.2) is 28.7 Å². The molecule has 2 atom stereocenters. The standard InChI is InChI=1S/C11H14BrF2N/c1-7(15-8(2)11(13)14)9-5-3-4-6-10(9)12/h3-8,11,15H,1-2H3/t7-,8?/m0/s1. The quantitative estimate of drug-likeness (QED) is 0.884. The van der Waals surface area contributed by atoms with Gasteiger partial charge in [-0.2, -0.15) is 0 Å². The molecule has 0 bridgehead atoms. The van der Waals surface area contributed by atoms with Crippen molar-refractivity contribution in [2.45, 2.75) is 32.4 Å². The molecule has 1 nitrogen and oxygen atoms in total. The third-order valence-corrected chi connectivity index (χ3v) is 2.98. The van der Waals surface area contributed by atoms with Gasteiger partial charge in [-0.15, -0.1) is 0 Å². The van der Waals surface area contributed by atoms with Crippen LogP contribution in [0.3, 0.4) is 0 Å². The third-order valence-electron chi connectivity index (χ3n) is 2.26. The molecular formula is C11H14BrF2N. The molecule has 0 aromatic heterocycles. The molecule has 4 heteroatoms. The van der Waals surface area contributed by atoms with E-state index in [1.165, 1.54) is 6.92 Å². The van der Waals surface area contributed by atoms with Crippen molar-refractivity contribution in [2.75, 3.05) is 0 Å².